The molecule has 1 saturated heterocycles. The van der Waals surface area contributed by atoms with Gasteiger partial charge in [-0.15, -0.1) is 0 Å². The number of nitrogens with one attached hydrogen (secondary N) is 1. The highest BCUT2D eigenvalue weighted by molar-refractivity contribution is 7.89. The Bertz CT molecular complexity index is 953. The molecule has 1 saturated carbocycles. The number of halogens is 5. The van der Waals surface area contributed by atoms with E-state index in [1.807, 2.05) is 4.90 Å². The van der Waals surface area contributed by atoms with E-state index in [2.05, 4.69) is 5.32 Å². The van der Waals surface area contributed by atoms with E-state index < -0.39 is 27.4 Å². The second-order valence-electron chi connectivity index (χ2n) is 8.58. The summed E-state index contributed by atoms with van der Waals surface area (Å²) in [7, 11) is -3.38. The molecule has 12 heteroatoms. The maximum Gasteiger partial charge on any atom is 0.254 e. The van der Waals surface area contributed by atoms with Gasteiger partial charge in [-0.25, -0.2) is 21.5 Å². The molecule has 1 heterocycles. The van der Waals surface area contributed by atoms with E-state index in [4.69, 9.17) is 34.8 Å². The van der Waals surface area contributed by atoms with E-state index in [0.29, 0.717) is 18.1 Å². The molecule has 0 aromatic heterocycles. The van der Waals surface area contributed by atoms with Gasteiger partial charge in [0.1, 0.15) is 0 Å². The Kier molecular flexibility index (Phi) is 8.55. The van der Waals surface area contributed by atoms with Gasteiger partial charge in [0, 0.05) is 56.1 Å². The SMILES string of the molecule is C[CH-]CS(=O)(=O)N1CCN(C2(CNC(=O)c3c(Cl)cc(Cl)cc3Cl)CCC(F)(F)CC2)CC1. The summed E-state index contributed by atoms with van der Waals surface area (Å²) in [5.74, 6) is -3.31. The van der Waals surface area contributed by atoms with Crippen LogP contribution < -0.4 is 5.32 Å². The summed E-state index contributed by atoms with van der Waals surface area (Å²) in [4.78, 5) is 14.9. The molecule has 3 rings (SSSR count). The van der Waals surface area contributed by atoms with Crippen LogP contribution in [0, 0.1) is 6.42 Å². The Balaban J connectivity index is 1.75. The number of amides is 1. The fourth-order valence-corrected chi connectivity index (χ4v) is 6.88. The van der Waals surface area contributed by atoms with E-state index in [1.54, 1.807) is 13.3 Å². The molecule has 2 fully saturated rings. The maximum absolute atomic E-state index is 14.0. The molecule has 2 aliphatic rings. The van der Waals surface area contributed by atoms with Crippen molar-refractivity contribution >= 4 is 50.7 Å². The van der Waals surface area contributed by atoms with Crippen LogP contribution in [0.1, 0.15) is 43.0 Å². The number of hydrogen-bond acceptors (Lipinski definition) is 4. The van der Waals surface area contributed by atoms with Crippen molar-refractivity contribution in [1.82, 2.24) is 14.5 Å². The van der Waals surface area contributed by atoms with Crippen molar-refractivity contribution in [2.24, 2.45) is 0 Å². The summed E-state index contributed by atoms with van der Waals surface area (Å²) in [5.41, 5.74) is -0.638. The van der Waals surface area contributed by atoms with Crippen LogP contribution in [0.15, 0.2) is 12.1 Å². The summed E-state index contributed by atoms with van der Waals surface area (Å²) in [6.45, 7) is 3.15. The lowest BCUT2D eigenvalue weighted by Crippen LogP contribution is -2.63. The van der Waals surface area contributed by atoms with Gasteiger partial charge in [0.15, 0.2) is 10.0 Å². The summed E-state index contributed by atoms with van der Waals surface area (Å²) < 4.78 is 54.2. The molecule has 1 aliphatic heterocycles. The van der Waals surface area contributed by atoms with Crippen LogP contribution in [0.5, 0.6) is 0 Å². The standard InChI is InChI=1S/C21H27Cl3F2N3O3S/c1-2-11-33(31,32)29-9-7-28(8-10-29)20(3-5-21(25,26)6-4-20)14-27-19(30)18-16(23)12-15(22)13-17(18)24/h2,12-13H,3-11,14H2,1H3,(H,27,30)/q-1. The van der Waals surface area contributed by atoms with E-state index in [1.165, 1.54) is 16.4 Å². The zero-order chi connectivity index (χ0) is 24.4. The zero-order valence-electron chi connectivity index (χ0n) is 18.2. The van der Waals surface area contributed by atoms with Crippen molar-refractivity contribution in [3.8, 4) is 0 Å². The molecule has 0 radical (unpaired) electrons. The quantitative estimate of drug-likeness (QED) is 0.513. The van der Waals surface area contributed by atoms with Crippen LogP contribution in [0.2, 0.25) is 15.1 Å². The lowest BCUT2D eigenvalue weighted by atomic mass is 9.78. The van der Waals surface area contributed by atoms with Crippen molar-refractivity contribution < 1.29 is 22.0 Å². The fraction of sp³-hybridized carbons (Fsp3) is 0.619. The van der Waals surface area contributed by atoms with E-state index in [0.717, 1.165) is 0 Å². The number of carbonyl (C=O) groups excluding carboxylic acids is 1. The topological polar surface area (TPSA) is 69.7 Å². The van der Waals surface area contributed by atoms with Crippen LogP contribution in [0.25, 0.3) is 0 Å². The molecule has 1 aliphatic carbocycles. The summed E-state index contributed by atoms with van der Waals surface area (Å²) in [5, 5.41) is 3.31. The molecule has 0 unspecified atom stereocenters. The van der Waals surface area contributed by atoms with Crippen LogP contribution in [-0.4, -0.2) is 73.5 Å². The summed E-state index contributed by atoms with van der Waals surface area (Å²) >= 11 is 18.2. The number of alkyl halides is 2. The average Bonchev–Trinajstić information content (AvgIpc) is 2.73. The Morgan fingerprint density at radius 2 is 1.61 bits per heavy atom. The first-order valence-corrected chi connectivity index (χ1v) is 13.4. The molecule has 186 valence electrons. The highest BCUT2D eigenvalue weighted by Crippen LogP contribution is 2.42. The molecule has 1 aromatic rings. The third-order valence-corrected chi connectivity index (χ3v) is 9.13. The molecular weight excluding hydrogens is 519 g/mol. The lowest BCUT2D eigenvalue weighted by molar-refractivity contribution is -0.0856. The molecule has 0 spiro atoms. The normalized spacial score (nSPS) is 21.6. The Hall–Kier alpha value is -0.710. The number of rotatable bonds is 7. The van der Waals surface area contributed by atoms with Crippen LogP contribution in [0.4, 0.5) is 8.78 Å². The van der Waals surface area contributed by atoms with Crippen molar-refractivity contribution in [2.45, 2.75) is 44.1 Å². The van der Waals surface area contributed by atoms with Gasteiger partial charge < -0.3 is 11.7 Å². The fourth-order valence-electron chi connectivity index (χ4n) is 4.53. The van der Waals surface area contributed by atoms with Gasteiger partial charge in [-0.2, -0.15) is 6.92 Å². The number of nitrogens with zero attached hydrogens (tertiary/aromatic N) is 2. The highest BCUT2D eigenvalue weighted by atomic mass is 35.5. The molecule has 33 heavy (non-hydrogen) atoms. The second-order valence-corrected chi connectivity index (χ2v) is 11.8. The van der Waals surface area contributed by atoms with Gasteiger partial charge in [-0.3, -0.25) is 9.69 Å². The van der Waals surface area contributed by atoms with Gasteiger partial charge in [-0.1, -0.05) is 40.6 Å². The monoisotopic (exact) mass is 544 g/mol. The molecule has 1 amide bonds. The van der Waals surface area contributed by atoms with E-state index in [9.17, 15) is 22.0 Å². The van der Waals surface area contributed by atoms with Gasteiger partial charge in [0.2, 0.25) is 5.92 Å². The van der Waals surface area contributed by atoms with Gasteiger partial charge in [0.05, 0.1) is 15.6 Å². The minimum absolute atomic E-state index is 0.0387. The zero-order valence-corrected chi connectivity index (χ0v) is 21.3. The third-order valence-electron chi connectivity index (χ3n) is 6.40. The van der Waals surface area contributed by atoms with Gasteiger partial charge in [-0.05, 0) is 25.0 Å². The first-order valence-electron chi connectivity index (χ1n) is 10.7. The first kappa shape index (κ1) is 26.9. The predicted molar refractivity (Wildman–Crippen MR) is 127 cm³/mol. The van der Waals surface area contributed by atoms with Crippen molar-refractivity contribution in [2.75, 3.05) is 38.5 Å². The van der Waals surface area contributed by atoms with Gasteiger partial charge >= 0.3 is 0 Å². The molecule has 1 aromatic carbocycles. The number of piperazine rings is 1. The van der Waals surface area contributed by atoms with Crippen molar-refractivity contribution in [1.29, 1.82) is 0 Å². The average molecular weight is 546 g/mol. The third kappa shape index (κ3) is 6.30. The van der Waals surface area contributed by atoms with Crippen LogP contribution in [-0.2, 0) is 10.0 Å². The minimum Gasteiger partial charge on any atom is -0.350 e. The van der Waals surface area contributed by atoms with Crippen LogP contribution >= 0.6 is 34.8 Å². The number of carbonyl (C=O) groups is 1. The molecule has 0 bridgehead atoms. The maximum atomic E-state index is 14.0. The Labute approximate surface area is 208 Å². The first-order chi connectivity index (χ1) is 15.4. The molecule has 1 N–H and O–H groups in total. The molecular formula is C21H27Cl3F2N3O3S-. The lowest BCUT2D eigenvalue weighted by Gasteiger charge is -2.50. The second kappa shape index (κ2) is 10.5. The largest absolute Gasteiger partial charge is 0.350 e. The van der Waals surface area contributed by atoms with Crippen molar-refractivity contribution in [3.05, 3.63) is 39.2 Å². The van der Waals surface area contributed by atoms with Crippen molar-refractivity contribution in [3.63, 3.8) is 0 Å². The minimum atomic E-state index is -3.38. The predicted octanol–water partition coefficient (Wildman–Crippen LogP) is 4.50. The van der Waals surface area contributed by atoms with E-state index >= 15 is 0 Å². The summed E-state index contributed by atoms with van der Waals surface area (Å²) in [6.07, 6.45) is 1.36. The summed E-state index contributed by atoms with van der Waals surface area (Å²) in [6, 6.07) is 2.82. The van der Waals surface area contributed by atoms with Gasteiger partial charge in [0.25, 0.3) is 5.91 Å². The number of sulfonamides is 1. The number of hydrogen-bond donors (Lipinski definition) is 1. The Morgan fingerprint density at radius 3 is 2.12 bits per heavy atom. The van der Waals surface area contributed by atoms with Crippen LogP contribution in [0.3, 0.4) is 0 Å². The smallest absolute Gasteiger partial charge is 0.254 e. The van der Waals surface area contributed by atoms with E-state index in [-0.39, 0.29) is 66.7 Å². The molecule has 6 nitrogen and oxygen atoms in total. The highest BCUT2D eigenvalue weighted by Gasteiger charge is 2.47. The molecule has 0 atom stereocenters. The number of benzene rings is 1. The Morgan fingerprint density at radius 1 is 1.06 bits per heavy atom.